The summed E-state index contributed by atoms with van der Waals surface area (Å²) < 4.78 is 18.3. The molecule has 2 N–H and O–H groups in total. The molecule has 116 valence electrons. The molecule has 0 bridgehead atoms. The summed E-state index contributed by atoms with van der Waals surface area (Å²) in [4.78, 5) is 23.4. The number of esters is 1. The largest absolute Gasteiger partial charge is 0.465 e. The van der Waals surface area contributed by atoms with Crippen molar-refractivity contribution in [1.29, 1.82) is 0 Å². The van der Waals surface area contributed by atoms with E-state index in [9.17, 15) is 14.0 Å². The van der Waals surface area contributed by atoms with Crippen LogP contribution in [0.4, 0.5) is 10.1 Å². The third-order valence-electron chi connectivity index (χ3n) is 3.36. The molecule has 0 radical (unpaired) electrons. The molecule has 1 aliphatic heterocycles. The Balaban J connectivity index is 0.00000220. The van der Waals surface area contributed by atoms with Gasteiger partial charge in [0.25, 0.3) is 0 Å². The monoisotopic (exact) mass is 316 g/mol. The van der Waals surface area contributed by atoms with E-state index >= 15 is 0 Å². The topological polar surface area (TPSA) is 67.4 Å². The lowest BCUT2D eigenvalue weighted by atomic mass is 9.97. The van der Waals surface area contributed by atoms with Crippen LogP contribution in [-0.2, 0) is 9.53 Å². The van der Waals surface area contributed by atoms with Crippen LogP contribution in [0, 0.1) is 11.7 Å². The summed E-state index contributed by atoms with van der Waals surface area (Å²) in [6.07, 6.45) is 1.45. The number of piperidine rings is 1. The molecule has 2 rings (SSSR count). The lowest BCUT2D eigenvalue weighted by molar-refractivity contribution is -0.120. The Labute approximate surface area is 128 Å². The lowest BCUT2D eigenvalue weighted by Gasteiger charge is -2.22. The van der Waals surface area contributed by atoms with Crippen LogP contribution < -0.4 is 10.6 Å². The molecule has 1 aromatic rings. The number of benzene rings is 1. The Kier molecular flexibility index (Phi) is 6.58. The van der Waals surface area contributed by atoms with Gasteiger partial charge in [-0.05, 0) is 44.1 Å². The first-order chi connectivity index (χ1) is 9.61. The standard InChI is InChI=1S/C14H17FN2O3.ClH/c1-20-14(19)10-2-3-11(15)12(8-10)17-13(18)9-4-6-16-7-5-9;/h2-3,8-9,16H,4-7H2,1H3,(H,17,18);1H. The minimum Gasteiger partial charge on any atom is -0.465 e. The summed E-state index contributed by atoms with van der Waals surface area (Å²) >= 11 is 0. The summed E-state index contributed by atoms with van der Waals surface area (Å²) in [6, 6.07) is 3.76. The highest BCUT2D eigenvalue weighted by atomic mass is 35.5. The number of halogens is 2. The van der Waals surface area contributed by atoms with E-state index in [1.165, 1.54) is 19.2 Å². The summed E-state index contributed by atoms with van der Waals surface area (Å²) in [6.45, 7) is 1.56. The number of hydrogen-bond acceptors (Lipinski definition) is 4. The van der Waals surface area contributed by atoms with Gasteiger partial charge in [-0.25, -0.2) is 9.18 Å². The molecule has 21 heavy (non-hydrogen) atoms. The Hall–Kier alpha value is -1.66. The normalized spacial score (nSPS) is 15.0. The predicted molar refractivity (Wildman–Crippen MR) is 79.2 cm³/mol. The maximum atomic E-state index is 13.7. The molecular weight excluding hydrogens is 299 g/mol. The van der Waals surface area contributed by atoms with Crippen molar-refractivity contribution in [2.24, 2.45) is 5.92 Å². The van der Waals surface area contributed by atoms with Crippen LogP contribution in [0.3, 0.4) is 0 Å². The van der Waals surface area contributed by atoms with E-state index in [0.29, 0.717) is 0 Å². The SMILES string of the molecule is COC(=O)c1ccc(F)c(NC(=O)C2CCNCC2)c1.Cl. The molecule has 0 atom stereocenters. The highest BCUT2D eigenvalue weighted by Crippen LogP contribution is 2.20. The number of carbonyl (C=O) groups excluding carboxylic acids is 2. The van der Waals surface area contributed by atoms with Gasteiger partial charge in [0.2, 0.25) is 5.91 Å². The fourth-order valence-corrected chi connectivity index (χ4v) is 2.18. The number of nitrogens with one attached hydrogen (secondary N) is 2. The van der Waals surface area contributed by atoms with E-state index < -0.39 is 11.8 Å². The van der Waals surface area contributed by atoms with Gasteiger partial charge in [0.1, 0.15) is 5.82 Å². The summed E-state index contributed by atoms with van der Waals surface area (Å²) in [5.41, 5.74) is 0.214. The number of methoxy groups -OCH3 is 1. The number of amides is 1. The van der Waals surface area contributed by atoms with E-state index in [1.54, 1.807) is 0 Å². The lowest BCUT2D eigenvalue weighted by Crippen LogP contribution is -2.34. The van der Waals surface area contributed by atoms with Crippen molar-refractivity contribution in [3.8, 4) is 0 Å². The van der Waals surface area contributed by atoms with Crippen molar-refractivity contribution >= 4 is 30.0 Å². The zero-order valence-corrected chi connectivity index (χ0v) is 12.5. The van der Waals surface area contributed by atoms with Crippen molar-refractivity contribution in [2.75, 3.05) is 25.5 Å². The fourth-order valence-electron chi connectivity index (χ4n) is 2.18. The van der Waals surface area contributed by atoms with Crippen LogP contribution in [0.15, 0.2) is 18.2 Å². The number of rotatable bonds is 3. The second kappa shape index (κ2) is 7.95. The number of anilines is 1. The van der Waals surface area contributed by atoms with E-state index in [-0.39, 0.29) is 35.5 Å². The fraction of sp³-hybridized carbons (Fsp3) is 0.429. The van der Waals surface area contributed by atoms with Crippen LogP contribution in [0.2, 0.25) is 0 Å². The molecule has 1 fully saturated rings. The Bertz CT molecular complexity index is 519. The van der Waals surface area contributed by atoms with Crippen molar-refractivity contribution in [3.63, 3.8) is 0 Å². The Morgan fingerprint density at radius 2 is 2.00 bits per heavy atom. The third-order valence-corrected chi connectivity index (χ3v) is 3.36. The molecule has 1 heterocycles. The molecule has 0 saturated carbocycles. The van der Waals surface area contributed by atoms with Gasteiger partial charge in [-0.2, -0.15) is 0 Å². The minimum absolute atomic E-state index is 0. The summed E-state index contributed by atoms with van der Waals surface area (Å²) in [7, 11) is 1.25. The van der Waals surface area contributed by atoms with E-state index in [0.717, 1.165) is 32.0 Å². The van der Waals surface area contributed by atoms with E-state index in [4.69, 9.17) is 0 Å². The molecule has 1 saturated heterocycles. The zero-order chi connectivity index (χ0) is 14.5. The third kappa shape index (κ3) is 4.41. The average Bonchev–Trinajstić information content (AvgIpc) is 2.49. The molecule has 0 aromatic heterocycles. The highest BCUT2D eigenvalue weighted by Gasteiger charge is 2.22. The van der Waals surface area contributed by atoms with Crippen LogP contribution >= 0.6 is 12.4 Å². The maximum absolute atomic E-state index is 13.7. The van der Waals surface area contributed by atoms with Gasteiger partial charge in [0.05, 0.1) is 18.4 Å². The van der Waals surface area contributed by atoms with Gasteiger partial charge in [-0.1, -0.05) is 0 Å². The molecule has 5 nitrogen and oxygen atoms in total. The van der Waals surface area contributed by atoms with Crippen molar-refractivity contribution in [2.45, 2.75) is 12.8 Å². The molecule has 1 aliphatic rings. The zero-order valence-electron chi connectivity index (χ0n) is 11.6. The summed E-state index contributed by atoms with van der Waals surface area (Å²) in [5.74, 6) is -1.48. The van der Waals surface area contributed by atoms with E-state index in [2.05, 4.69) is 15.4 Å². The quantitative estimate of drug-likeness (QED) is 0.837. The Morgan fingerprint density at radius 3 is 2.62 bits per heavy atom. The molecule has 1 aromatic carbocycles. The molecule has 1 amide bonds. The van der Waals surface area contributed by atoms with Gasteiger partial charge in [-0.3, -0.25) is 4.79 Å². The molecule has 0 aliphatic carbocycles. The van der Waals surface area contributed by atoms with Crippen molar-refractivity contribution in [3.05, 3.63) is 29.6 Å². The van der Waals surface area contributed by atoms with Gasteiger partial charge in [0, 0.05) is 5.92 Å². The number of ether oxygens (including phenoxy) is 1. The van der Waals surface area contributed by atoms with E-state index in [1.807, 2.05) is 0 Å². The first-order valence-corrected chi connectivity index (χ1v) is 6.51. The first kappa shape index (κ1) is 17.4. The smallest absolute Gasteiger partial charge is 0.337 e. The van der Waals surface area contributed by atoms with Crippen LogP contribution in [0.1, 0.15) is 23.2 Å². The average molecular weight is 317 g/mol. The maximum Gasteiger partial charge on any atom is 0.337 e. The molecule has 7 heteroatoms. The molecular formula is C14H18ClFN2O3. The van der Waals surface area contributed by atoms with Gasteiger partial charge >= 0.3 is 5.97 Å². The molecule has 0 spiro atoms. The van der Waals surface area contributed by atoms with Crippen LogP contribution in [0.25, 0.3) is 0 Å². The highest BCUT2D eigenvalue weighted by molar-refractivity contribution is 5.95. The van der Waals surface area contributed by atoms with Crippen molar-refractivity contribution < 1.29 is 18.7 Å². The van der Waals surface area contributed by atoms with Crippen molar-refractivity contribution in [1.82, 2.24) is 5.32 Å². The second-order valence-electron chi connectivity index (χ2n) is 4.70. The van der Waals surface area contributed by atoms with Crippen LogP contribution in [0.5, 0.6) is 0 Å². The van der Waals surface area contributed by atoms with Gasteiger partial charge in [0.15, 0.2) is 0 Å². The van der Waals surface area contributed by atoms with Crippen LogP contribution in [-0.4, -0.2) is 32.1 Å². The number of carbonyl (C=O) groups is 2. The van der Waals surface area contributed by atoms with Gasteiger partial charge in [-0.15, -0.1) is 12.4 Å². The minimum atomic E-state index is -0.570. The summed E-state index contributed by atoms with van der Waals surface area (Å²) in [5, 5.41) is 5.71. The predicted octanol–water partition coefficient (Wildman–Crippen LogP) is 1.97. The second-order valence-corrected chi connectivity index (χ2v) is 4.70. The number of hydrogen-bond donors (Lipinski definition) is 2. The molecule has 0 unspecified atom stereocenters. The first-order valence-electron chi connectivity index (χ1n) is 6.51. The Morgan fingerprint density at radius 1 is 1.33 bits per heavy atom. The van der Waals surface area contributed by atoms with Gasteiger partial charge < -0.3 is 15.4 Å².